The average molecular weight is 209 g/mol. The molecular formula is C13H23NO. The molecule has 0 aliphatic heterocycles. The van der Waals surface area contributed by atoms with E-state index >= 15 is 0 Å². The summed E-state index contributed by atoms with van der Waals surface area (Å²) in [5.41, 5.74) is 0. The highest BCUT2D eigenvalue weighted by atomic mass is 16.1. The summed E-state index contributed by atoms with van der Waals surface area (Å²) in [7, 11) is 0. The van der Waals surface area contributed by atoms with Gasteiger partial charge in [-0.2, -0.15) is 0 Å². The van der Waals surface area contributed by atoms with Gasteiger partial charge in [0.05, 0.1) is 6.54 Å². The van der Waals surface area contributed by atoms with Gasteiger partial charge in [-0.05, 0) is 25.7 Å². The van der Waals surface area contributed by atoms with Gasteiger partial charge >= 0.3 is 0 Å². The molecule has 86 valence electrons. The third-order valence-electron chi connectivity index (χ3n) is 3.98. The summed E-state index contributed by atoms with van der Waals surface area (Å²) in [5.74, 6) is 0.860. The fourth-order valence-corrected chi connectivity index (χ4v) is 2.94. The van der Waals surface area contributed by atoms with E-state index in [1.54, 1.807) is 0 Å². The Morgan fingerprint density at radius 2 is 1.53 bits per heavy atom. The van der Waals surface area contributed by atoms with Crippen LogP contribution in [0.15, 0.2) is 0 Å². The van der Waals surface area contributed by atoms with Gasteiger partial charge in [-0.1, -0.05) is 32.1 Å². The summed E-state index contributed by atoms with van der Waals surface area (Å²) in [5, 5.41) is 3.45. The second-order valence-corrected chi connectivity index (χ2v) is 5.16. The number of Topliss-reactive ketones (excluding diaryl/α,β-unsaturated/α-hetero) is 1. The van der Waals surface area contributed by atoms with Crippen LogP contribution in [0.25, 0.3) is 0 Å². The van der Waals surface area contributed by atoms with Gasteiger partial charge in [-0.3, -0.25) is 4.79 Å². The molecule has 0 saturated heterocycles. The Balaban J connectivity index is 1.65. The van der Waals surface area contributed by atoms with E-state index in [0.717, 1.165) is 12.8 Å². The Hall–Kier alpha value is -0.370. The molecule has 0 aromatic heterocycles. The van der Waals surface area contributed by atoms with Crippen molar-refractivity contribution in [2.45, 2.75) is 63.8 Å². The van der Waals surface area contributed by atoms with Crippen molar-refractivity contribution in [2.75, 3.05) is 6.54 Å². The molecule has 0 amide bonds. The summed E-state index contributed by atoms with van der Waals surface area (Å²) < 4.78 is 0. The topological polar surface area (TPSA) is 29.1 Å². The predicted octanol–water partition coefficient (Wildman–Crippen LogP) is 2.67. The standard InChI is InChI=1S/C13H23NO/c15-13(11-6-4-5-7-11)10-14-12-8-2-1-3-9-12/h11-12,14H,1-10H2. The minimum atomic E-state index is 0.390. The molecule has 0 spiro atoms. The number of carbonyl (C=O) groups is 1. The van der Waals surface area contributed by atoms with Crippen molar-refractivity contribution in [3.05, 3.63) is 0 Å². The van der Waals surface area contributed by atoms with Gasteiger partial charge in [0, 0.05) is 12.0 Å². The normalized spacial score (nSPS) is 24.5. The lowest BCUT2D eigenvalue weighted by molar-refractivity contribution is -0.122. The highest BCUT2D eigenvalue weighted by Crippen LogP contribution is 2.25. The lowest BCUT2D eigenvalue weighted by Gasteiger charge is -2.23. The van der Waals surface area contributed by atoms with Gasteiger partial charge in [0.15, 0.2) is 0 Å². The molecule has 2 aliphatic rings. The zero-order chi connectivity index (χ0) is 10.5. The van der Waals surface area contributed by atoms with Gasteiger partial charge in [0.1, 0.15) is 5.78 Å². The van der Waals surface area contributed by atoms with Crippen LogP contribution in [-0.2, 0) is 4.79 Å². The van der Waals surface area contributed by atoms with Gasteiger partial charge in [-0.25, -0.2) is 0 Å². The Kier molecular flexibility index (Phi) is 4.18. The summed E-state index contributed by atoms with van der Waals surface area (Å²) in [6.07, 6.45) is 11.4. The molecule has 0 aromatic carbocycles. The minimum Gasteiger partial charge on any atom is -0.307 e. The zero-order valence-corrected chi connectivity index (χ0v) is 9.63. The number of rotatable bonds is 4. The molecule has 0 radical (unpaired) electrons. The molecule has 2 saturated carbocycles. The molecule has 15 heavy (non-hydrogen) atoms. The predicted molar refractivity (Wildman–Crippen MR) is 61.8 cm³/mol. The van der Waals surface area contributed by atoms with Crippen LogP contribution in [0.3, 0.4) is 0 Å². The first-order valence-electron chi connectivity index (χ1n) is 6.62. The molecule has 2 nitrogen and oxygen atoms in total. The summed E-state index contributed by atoms with van der Waals surface area (Å²) in [6.45, 7) is 0.634. The number of hydrogen-bond acceptors (Lipinski definition) is 2. The van der Waals surface area contributed by atoms with E-state index in [-0.39, 0.29) is 0 Å². The second-order valence-electron chi connectivity index (χ2n) is 5.16. The molecule has 1 N–H and O–H groups in total. The smallest absolute Gasteiger partial charge is 0.149 e. The van der Waals surface area contributed by atoms with E-state index in [4.69, 9.17) is 0 Å². The largest absolute Gasteiger partial charge is 0.307 e. The minimum absolute atomic E-state index is 0.390. The molecular weight excluding hydrogens is 186 g/mol. The van der Waals surface area contributed by atoms with Crippen LogP contribution in [-0.4, -0.2) is 18.4 Å². The van der Waals surface area contributed by atoms with E-state index < -0.39 is 0 Å². The van der Waals surface area contributed by atoms with Crippen molar-refractivity contribution in [3.8, 4) is 0 Å². The van der Waals surface area contributed by atoms with Crippen molar-refractivity contribution in [2.24, 2.45) is 5.92 Å². The molecule has 0 unspecified atom stereocenters. The highest BCUT2D eigenvalue weighted by molar-refractivity contribution is 5.83. The average Bonchev–Trinajstić information content (AvgIpc) is 2.81. The fourth-order valence-electron chi connectivity index (χ4n) is 2.94. The van der Waals surface area contributed by atoms with E-state index in [1.165, 1.54) is 44.9 Å². The molecule has 2 heteroatoms. The zero-order valence-electron chi connectivity index (χ0n) is 9.63. The van der Waals surface area contributed by atoms with Crippen LogP contribution < -0.4 is 5.32 Å². The molecule has 2 rings (SSSR count). The maximum atomic E-state index is 11.8. The van der Waals surface area contributed by atoms with E-state index in [1.807, 2.05) is 0 Å². The van der Waals surface area contributed by atoms with Crippen molar-refractivity contribution < 1.29 is 4.79 Å². The third-order valence-corrected chi connectivity index (χ3v) is 3.98. The lowest BCUT2D eigenvalue weighted by atomic mass is 9.95. The first-order chi connectivity index (χ1) is 7.36. The van der Waals surface area contributed by atoms with Gasteiger partial charge < -0.3 is 5.32 Å². The quantitative estimate of drug-likeness (QED) is 0.771. The van der Waals surface area contributed by atoms with E-state index in [2.05, 4.69) is 5.32 Å². The molecule has 2 fully saturated rings. The first-order valence-corrected chi connectivity index (χ1v) is 6.62. The molecule has 2 aliphatic carbocycles. The molecule has 0 bridgehead atoms. The SMILES string of the molecule is O=C(CNC1CCCCC1)C1CCCC1. The third kappa shape index (κ3) is 3.30. The van der Waals surface area contributed by atoms with Crippen molar-refractivity contribution in [1.29, 1.82) is 0 Å². The van der Waals surface area contributed by atoms with Crippen LogP contribution in [0, 0.1) is 5.92 Å². The van der Waals surface area contributed by atoms with Crippen molar-refractivity contribution in [1.82, 2.24) is 5.32 Å². The number of carbonyl (C=O) groups excluding carboxylic acids is 1. The maximum Gasteiger partial charge on any atom is 0.149 e. The molecule has 0 heterocycles. The summed E-state index contributed by atoms with van der Waals surface area (Å²) in [4.78, 5) is 11.8. The van der Waals surface area contributed by atoms with Gasteiger partial charge in [0.2, 0.25) is 0 Å². The molecule has 0 aromatic rings. The molecule has 0 atom stereocenters. The van der Waals surface area contributed by atoms with Crippen LogP contribution in [0.1, 0.15) is 57.8 Å². The number of hydrogen-bond donors (Lipinski definition) is 1. The van der Waals surface area contributed by atoms with Crippen LogP contribution >= 0.6 is 0 Å². The Labute approximate surface area is 92.8 Å². The lowest BCUT2D eigenvalue weighted by Crippen LogP contribution is -2.36. The Bertz CT molecular complexity index is 203. The first kappa shape index (κ1) is 11.1. The second kappa shape index (κ2) is 5.64. The van der Waals surface area contributed by atoms with Gasteiger partial charge in [-0.15, -0.1) is 0 Å². The van der Waals surface area contributed by atoms with Crippen LogP contribution in [0.5, 0.6) is 0 Å². The fraction of sp³-hybridized carbons (Fsp3) is 0.923. The van der Waals surface area contributed by atoms with E-state index in [0.29, 0.717) is 24.3 Å². The van der Waals surface area contributed by atoms with Crippen molar-refractivity contribution >= 4 is 5.78 Å². The van der Waals surface area contributed by atoms with Crippen LogP contribution in [0.2, 0.25) is 0 Å². The maximum absolute atomic E-state index is 11.8. The van der Waals surface area contributed by atoms with Gasteiger partial charge in [0.25, 0.3) is 0 Å². The Morgan fingerprint density at radius 1 is 0.933 bits per heavy atom. The highest BCUT2D eigenvalue weighted by Gasteiger charge is 2.23. The number of ketones is 1. The monoisotopic (exact) mass is 209 g/mol. The Morgan fingerprint density at radius 3 is 2.20 bits per heavy atom. The summed E-state index contributed by atoms with van der Waals surface area (Å²) in [6, 6.07) is 0.629. The summed E-state index contributed by atoms with van der Waals surface area (Å²) >= 11 is 0. The van der Waals surface area contributed by atoms with Crippen LogP contribution in [0.4, 0.5) is 0 Å². The van der Waals surface area contributed by atoms with E-state index in [9.17, 15) is 4.79 Å². The van der Waals surface area contributed by atoms with Crippen molar-refractivity contribution in [3.63, 3.8) is 0 Å². The number of nitrogens with one attached hydrogen (secondary N) is 1.